The number of benzene rings is 1. The van der Waals surface area contributed by atoms with Crippen molar-refractivity contribution in [3.05, 3.63) is 40.0 Å². The second kappa shape index (κ2) is 6.97. The van der Waals surface area contributed by atoms with Gasteiger partial charge in [-0.1, -0.05) is 11.3 Å². The molecular formula is C17H16N6O2S2. The minimum atomic E-state index is -0.269. The molecule has 10 heteroatoms. The predicted molar refractivity (Wildman–Crippen MR) is 109 cm³/mol. The summed E-state index contributed by atoms with van der Waals surface area (Å²) in [6.07, 6.45) is 0. The van der Waals surface area contributed by atoms with Crippen LogP contribution in [0.2, 0.25) is 0 Å². The number of fused-ring (bicyclic) bond motifs is 1. The van der Waals surface area contributed by atoms with Crippen LogP contribution in [0.5, 0.6) is 5.75 Å². The Morgan fingerprint density at radius 3 is 2.74 bits per heavy atom. The van der Waals surface area contributed by atoms with Crippen LogP contribution in [0.25, 0.3) is 27.2 Å². The van der Waals surface area contributed by atoms with Crippen LogP contribution < -0.4 is 21.3 Å². The Balaban J connectivity index is 1.95. The molecule has 0 aliphatic heterocycles. The smallest absolute Gasteiger partial charge is 0.282 e. The summed E-state index contributed by atoms with van der Waals surface area (Å²) in [7, 11) is 1.59. The van der Waals surface area contributed by atoms with E-state index >= 15 is 0 Å². The summed E-state index contributed by atoms with van der Waals surface area (Å²) in [6, 6.07) is 7.10. The van der Waals surface area contributed by atoms with E-state index in [2.05, 4.69) is 20.6 Å². The number of nitrogens with two attached hydrogens (primary N) is 1. The first-order valence-corrected chi connectivity index (χ1v) is 9.84. The fraction of sp³-hybridized carbons (Fsp3) is 0.176. The number of anilines is 2. The molecule has 3 N–H and O–H groups in total. The van der Waals surface area contributed by atoms with E-state index in [0.29, 0.717) is 43.0 Å². The summed E-state index contributed by atoms with van der Waals surface area (Å²) in [4.78, 5) is 13.0. The molecule has 0 radical (unpaired) electrons. The second-order valence-corrected chi connectivity index (χ2v) is 7.48. The van der Waals surface area contributed by atoms with Gasteiger partial charge in [-0.15, -0.1) is 21.5 Å². The predicted octanol–water partition coefficient (Wildman–Crippen LogP) is 2.99. The lowest BCUT2D eigenvalue weighted by atomic mass is 10.2. The first kappa shape index (κ1) is 17.4. The van der Waals surface area contributed by atoms with Crippen LogP contribution in [-0.4, -0.2) is 33.6 Å². The van der Waals surface area contributed by atoms with Crippen LogP contribution in [0, 0.1) is 0 Å². The van der Waals surface area contributed by atoms with Crippen molar-refractivity contribution in [2.24, 2.45) is 0 Å². The highest BCUT2D eigenvalue weighted by molar-refractivity contribution is 7.18. The number of thiophene rings is 1. The molecule has 0 saturated heterocycles. The molecule has 27 heavy (non-hydrogen) atoms. The summed E-state index contributed by atoms with van der Waals surface area (Å²) in [5.41, 5.74) is 7.01. The van der Waals surface area contributed by atoms with E-state index in [4.69, 9.17) is 10.5 Å². The number of hydrogen-bond acceptors (Lipinski definition) is 9. The Hall–Kier alpha value is -2.98. The molecule has 0 aliphatic rings. The number of aromatic nitrogens is 4. The van der Waals surface area contributed by atoms with Crippen LogP contribution in [-0.2, 0) is 0 Å². The van der Waals surface area contributed by atoms with E-state index in [1.54, 1.807) is 31.4 Å². The van der Waals surface area contributed by atoms with Crippen LogP contribution in [0.1, 0.15) is 6.92 Å². The summed E-state index contributed by atoms with van der Waals surface area (Å²) < 4.78 is 6.52. The van der Waals surface area contributed by atoms with Crippen LogP contribution in [0.4, 0.5) is 10.1 Å². The van der Waals surface area contributed by atoms with Gasteiger partial charge in [-0.25, -0.2) is 0 Å². The van der Waals surface area contributed by atoms with Crippen molar-refractivity contribution in [2.75, 3.05) is 24.7 Å². The molecule has 0 saturated carbocycles. The molecule has 4 aromatic rings. The number of nitrogens with one attached hydrogen (secondary N) is 1. The normalized spacial score (nSPS) is 11.0. The van der Waals surface area contributed by atoms with Gasteiger partial charge in [-0.2, -0.15) is 9.78 Å². The van der Waals surface area contributed by atoms with Gasteiger partial charge in [-0.05, 0) is 31.2 Å². The minimum absolute atomic E-state index is 0.269. The van der Waals surface area contributed by atoms with Gasteiger partial charge < -0.3 is 15.8 Å². The molecule has 3 aromatic heterocycles. The molecule has 8 nitrogen and oxygen atoms in total. The van der Waals surface area contributed by atoms with E-state index in [-0.39, 0.29) is 5.56 Å². The highest BCUT2D eigenvalue weighted by Gasteiger charge is 2.20. The Labute approximate surface area is 162 Å². The zero-order valence-corrected chi connectivity index (χ0v) is 16.2. The fourth-order valence-corrected chi connectivity index (χ4v) is 4.27. The standard InChI is InChI=1S/C17H16N6O2S2/c1-3-19-17-21-20-15(27-17)13-11-8-26-14(18)12(11)16(24)23(22-13)9-4-6-10(25-2)7-5-9/h4-8H,3,18H2,1-2H3,(H,19,21). The van der Waals surface area contributed by atoms with Crippen molar-refractivity contribution in [3.63, 3.8) is 0 Å². The third-order valence-electron chi connectivity index (χ3n) is 3.95. The maximum Gasteiger partial charge on any atom is 0.282 e. The average Bonchev–Trinajstić information content (AvgIpc) is 3.30. The molecule has 0 aliphatic carbocycles. The zero-order chi connectivity index (χ0) is 19.0. The number of methoxy groups -OCH3 is 1. The summed E-state index contributed by atoms with van der Waals surface area (Å²) in [5.74, 6) is 0.697. The molecule has 0 unspecified atom stereocenters. The van der Waals surface area contributed by atoms with Crippen LogP contribution in [0.15, 0.2) is 34.4 Å². The van der Waals surface area contributed by atoms with Crippen molar-refractivity contribution in [3.8, 4) is 22.1 Å². The lowest BCUT2D eigenvalue weighted by Gasteiger charge is -2.08. The molecule has 4 rings (SSSR count). The zero-order valence-electron chi connectivity index (χ0n) is 14.6. The van der Waals surface area contributed by atoms with Crippen molar-refractivity contribution < 1.29 is 4.74 Å². The van der Waals surface area contributed by atoms with Gasteiger partial charge in [0.2, 0.25) is 5.13 Å². The Morgan fingerprint density at radius 2 is 2.04 bits per heavy atom. The summed E-state index contributed by atoms with van der Waals surface area (Å²) in [6.45, 7) is 2.73. The SMILES string of the molecule is CCNc1nnc(-c2nn(-c3ccc(OC)cc3)c(=O)c3c(N)scc23)s1. The van der Waals surface area contributed by atoms with Gasteiger partial charge in [0.1, 0.15) is 11.4 Å². The quantitative estimate of drug-likeness (QED) is 0.530. The third-order valence-corrected chi connectivity index (χ3v) is 5.65. The summed E-state index contributed by atoms with van der Waals surface area (Å²) in [5, 5.41) is 20.8. The maximum atomic E-state index is 13.0. The molecule has 0 atom stereocenters. The van der Waals surface area contributed by atoms with E-state index in [1.165, 1.54) is 27.4 Å². The van der Waals surface area contributed by atoms with Crippen molar-refractivity contribution in [2.45, 2.75) is 6.92 Å². The van der Waals surface area contributed by atoms with E-state index < -0.39 is 0 Å². The molecule has 0 bridgehead atoms. The summed E-state index contributed by atoms with van der Waals surface area (Å²) >= 11 is 2.70. The first-order valence-electron chi connectivity index (χ1n) is 8.14. The number of hydrogen-bond donors (Lipinski definition) is 2. The Morgan fingerprint density at radius 1 is 1.26 bits per heavy atom. The molecule has 0 spiro atoms. The molecule has 0 fully saturated rings. The molecule has 138 valence electrons. The number of nitrogen functional groups attached to an aromatic ring is 1. The topological polar surface area (TPSA) is 108 Å². The van der Waals surface area contributed by atoms with Gasteiger partial charge >= 0.3 is 0 Å². The minimum Gasteiger partial charge on any atom is -0.497 e. The maximum absolute atomic E-state index is 13.0. The Kier molecular flexibility index (Phi) is 4.50. The van der Waals surface area contributed by atoms with Crippen molar-refractivity contribution in [1.29, 1.82) is 0 Å². The van der Waals surface area contributed by atoms with Crippen LogP contribution >= 0.6 is 22.7 Å². The fourth-order valence-electron chi connectivity index (χ4n) is 2.67. The number of ether oxygens (including phenoxy) is 1. The number of rotatable bonds is 5. The number of nitrogens with zero attached hydrogens (tertiary/aromatic N) is 4. The monoisotopic (exact) mass is 400 g/mol. The largest absolute Gasteiger partial charge is 0.497 e. The van der Waals surface area contributed by atoms with E-state index in [1.807, 2.05) is 12.3 Å². The first-order chi connectivity index (χ1) is 13.1. The van der Waals surface area contributed by atoms with E-state index in [9.17, 15) is 4.79 Å². The van der Waals surface area contributed by atoms with E-state index in [0.717, 1.165) is 6.54 Å². The Bertz CT molecular complexity index is 1160. The van der Waals surface area contributed by atoms with Gasteiger partial charge in [-0.3, -0.25) is 4.79 Å². The van der Waals surface area contributed by atoms with Crippen molar-refractivity contribution >= 4 is 43.6 Å². The average molecular weight is 400 g/mol. The highest BCUT2D eigenvalue weighted by atomic mass is 32.1. The van der Waals surface area contributed by atoms with Gasteiger partial charge in [0.15, 0.2) is 5.01 Å². The lowest BCUT2D eigenvalue weighted by Crippen LogP contribution is -2.22. The second-order valence-electron chi connectivity index (χ2n) is 5.59. The third kappa shape index (κ3) is 3.02. The highest BCUT2D eigenvalue weighted by Crippen LogP contribution is 2.34. The lowest BCUT2D eigenvalue weighted by molar-refractivity contribution is 0.414. The molecular weight excluding hydrogens is 384 g/mol. The van der Waals surface area contributed by atoms with Crippen LogP contribution in [0.3, 0.4) is 0 Å². The molecule has 1 aromatic carbocycles. The molecule has 3 heterocycles. The van der Waals surface area contributed by atoms with Gasteiger partial charge in [0, 0.05) is 17.3 Å². The molecule has 0 amide bonds. The van der Waals surface area contributed by atoms with Gasteiger partial charge in [0.05, 0.1) is 23.2 Å². The van der Waals surface area contributed by atoms with Gasteiger partial charge in [0.25, 0.3) is 5.56 Å². The van der Waals surface area contributed by atoms with Crippen molar-refractivity contribution in [1.82, 2.24) is 20.0 Å².